The van der Waals surface area contributed by atoms with E-state index in [4.69, 9.17) is 9.47 Å². The maximum atomic E-state index is 12.9. The molecule has 1 aromatic heterocycles. The molecule has 1 N–H and O–H groups in total. The number of nitrogens with zero attached hydrogens (tertiary/aromatic N) is 2. The van der Waals surface area contributed by atoms with Crippen molar-refractivity contribution in [3.63, 3.8) is 0 Å². The average Bonchev–Trinajstić information content (AvgIpc) is 3.21. The second-order valence-corrected chi connectivity index (χ2v) is 8.41. The van der Waals surface area contributed by atoms with Crippen molar-refractivity contribution in [1.82, 2.24) is 9.55 Å². The number of methoxy groups -OCH3 is 1. The summed E-state index contributed by atoms with van der Waals surface area (Å²) in [5, 5.41) is 2.98. The van der Waals surface area contributed by atoms with E-state index < -0.39 is 0 Å². The van der Waals surface area contributed by atoms with Crippen LogP contribution in [0.3, 0.4) is 0 Å². The van der Waals surface area contributed by atoms with E-state index >= 15 is 0 Å². The van der Waals surface area contributed by atoms with Gasteiger partial charge in [0.25, 0.3) is 5.91 Å². The van der Waals surface area contributed by atoms with Crippen molar-refractivity contribution < 1.29 is 14.3 Å². The Morgan fingerprint density at radius 1 is 1.26 bits per heavy atom. The minimum absolute atomic E-state index is 0.219. The van der Waals surface area contributed by atoms with Crippen LogP contribution >= 0.6 is 15.9 Å². The molecule has 0 saturated heterocycles. The van der Waals surface area contributed by atoms with E-state index in [0.29, 0.717) is 40.6 Å². The molecule has 0 spiro atoms. The van der Waals surface area contributed by atoms with Gasteiger partial charge in [-0.1, -0.05) is 32.9 Å². The summed E-state index contributed by atoms with van der Waals surface area (Å²) in [5.41, 5.74) is 2.30. The van der Waals surface area contributed by atoms with E-state index in [-0.39, 0.29) is 5.91 Å². The molecular weight excluding hydrogens is 458 g/mol. The van der Waals surface area contributed by atoms with Crippen molar-refractivity contribution in [3.05, 3.63) is 70.2 Å². The number of benzene rings is 2. The van der Waals surface area contributed by atoms with E-state index in [9.17, 15) is 4.79 Å². The van der Waals surface area contributed by atoms with Gasteiger partial charge in [-0.2, -0.15) is 0 Å². The van der Waals surface area contributed by atoms with E-state index in [0.717, 1.165) is 23.5 Å². The predicted octanol–water partition coefficient (Wildman–Crippen LogP) is 5.87. The Kier molecular flexibility index (Phi) is 7.74. The molecule has 0 atom stereocenters. The van der Waals surface area contributed by atoms with Crippen LogP contribution in [0.2, 0.25) is 0 Å². The monoisotopic (exact) mass is 485 g/mol. The number of ether oxygens (including phenoxy) is 2. The standard InChI is InChI=1S/C24H28BrN3O3/c1-5-11-31-22-20(25)13-18(14-21(22)30-4)24(29)27-19-8-6-7-17(12-19)15-28-10-9-26-23(28)16(2)3/h6-10,12-14,16H,5,11,15H2,1-4H3,(H,27,29). The quantitative estimate of drug-likeness (QED) is 0.411. The summed E-state index contributed by atoms with van der Waals surface area (Å²) < 4.78 is 14.0. The number of nitrogens with one attached hydrogen (secondary N) is 1. The van der Waals surface area contributed by atoms with E-state index in [1.807, 2.05) is 43.6 Å². The Hall–Kier alpha value is -2.80. The number of hydrogen-bond acceptors (Lipinski definition) is 4. The Morgan fingerprint density at radius 2 is 2.06 bits per heavy atom. The normalized spacial score (nSPS) is 10.9. The number of amides is 1. The Bertz CT molecular complexity index is 1050. The highest BCUT2D eigenvalue weighted by molar-refractivity contribution is 9.10. The first-order chi connectivity index (χ1) is 14.9. The highest BCUT2D eigenvalue weighted by Crippen LogP contribution is 2.37. The molecule has 0 unspecified atom stereocenters. The average molecular weight is 486 g/mol. The molecule has 7 heteroatoms. The van der Waals surface area contributed by atoms with Gasteiger partial charge in [0, 0.05) is 36.1 Å². The fourth-order valence-corrected chi connectivity index (χ4v) is 3.85. The van der Waals surface area contributed by atoms with Crippen LogP contribution in [0.5, 0.6) is 11.5 Å². The van der Waals surface area contributed by atoms with Crippen LogP contribution in [0.1, 0.15) is 54.9 Å². The van der Waals surface area contributed by atoms with Gasteiger partial charge in [-0.25, -0.2) is 4.98 Å². The molecule has 0 aliphatic carbocycles. The SMILES string of the molecule is CCCOc1c(Br)cc(C(=O)Nc2cccc(Cn3ccnc3C(C)C)c2)cc1OC. The minimum Gasteiger partial charge on any atom is -0.493 e. The lowest BCUT2D eigenvalue weighted by Crippen LogP contribution is -2.13. The van der Waals surface area contributed by atoms with Gasteiger partial charge in [0.05, 0.1) is 18.2 Å². The first-order valence-corrected chi connectivity index (χ1v) is 11.1. The molecule has 31 heavy (non-hydrogen) atoms. The maximum Gasteiger partial charge on any atom is 0.255 e. The molecule has 0 saturated carbocycles. The fraction of sp³-hybridized carbons (Fsp3) is 0.333. The second-order valence-electron chi connectivity index (χ2n) is 7.56. The van der Waals surface area contributed by atoms with Crippen molar-refractivity contribution in [2.24, 2.45) is 0 Å². The van der Waals surface area contributed by atoms with Gasteiger partial charge in [-0.3, -0.25) is 4.79 Å². The number of carbonyl (C=O) groups is 1. The Balaban J connectivity index is 1.77. The zero-order valence-electron chi connectivity index (χ0n) is 18.3. The first kappa shape index (κ1) is 22.9. The summed E-state index contributed by atoms with van der Waals surface area (Å²) in [6.45, 7) is 7.55. The Morgan fingerprint density at radius 3 is 2.77 bits per heavy atom. The third kappa shape index (κ3) is 5.67. The van der Waals surface area contributed by atoms with Crippen LogP contribution in [0.15, 0.2) is 53.3 Å². The molecular formula is C24H28BrN3O3. The number of imidazole rings is 1. The third-order valence-electron chi connectivity index (χ3n) is 4.74. The molecule has 1 heterocycles. The number of rotatable bonds is 9. The second kappa shape index (κ2) is 10.5. The van der Waals surface area contributed by atoms with Gasteiger partial charge in [-0.05, 0) is 52.2 Å². The zero-order valence-corrected chi connectivity index (χ0v) is 19.9. The van der Waals surface area contributed by atoms with Gasteiger partial charge in [0.1, 0.15) is 5.82 Å². The molecule has 0 bridgehead atoms. The van der Waals surface area contributed by atoms with Crippen LogP contribution in [-0.2, 0) is 6.54 Å². The van der Waals surface area contributed by atoms with Crippen LogP contribution in [0.4, 0.5) is 5.69 Å². The van der Waals surface area contributed by atoms with Gasteiger partial charge < -0.3 is 19.4 Å². The van der Waals surface area contributed by atoms with E-state index in [1.54, 1.807) is 19.2 Å². The van der Waals surface area contributed by atoms with Gasteiger partial charge in [0.15, 0.2) is 11.5 Å². The number of halogens is 1. The minimum atomic E-state index is -0.219. The highest BCUT2D eigenvalue weighted by Gasteiger charge is 2.16. The number of anilines is 1. The molecule has 0 aliphatic heterocycles. The van der Waals surface area contributed by atoms with Crippen molar-refractivity contribution in [2.75, 3.05) is 19.0 Å². The lowest BCUT2D eigenvalue weighted by Gasteiger charge is -2.14. The molecule has 3 rings (SSSR count). The lowest BCUT2D eigenvalue weighted by atomic mass is 10.1. The fourth-order valence-electron chi connectivity index (χ4n) is 3.30. The van der Waals surface area contributed by atoms with Crippen LogP contribution < -0.4 is 14.8 Å². The molecule has 0 radical (unpaired) electrons. The first-order valence-electron chi connectivity index (χ1n) is 10.3. The summed E-state index contributed by atoms with van der Waals surface area (Å²) in [4.78, 5) is 17.3. The summed E-state index contributed by atoms with van der Waals surface area (Å²) in [7, 11) is 1.56. The van der Waals surface area contributed by atoms with Crippen molar-refractivity contribution in [2.45, 2.75) is 39.7 Å². The molecule has 3 aromatic rings. The molecule has 1 amide bonds. The number of carbonyl (C=O) groups excluding carboxylic acids is 1. The van der Waals surface area contributed by atoms with E-state index in [2.05, 4.69) is 44.6 Å². The van der Waals surface area contributed by atoms with E-state index in [1.165, 1.54) is 0 Å². The summed E-state index contributed by atoms with van der Waals surface area (Å²) >= 11 is 3.49. The highest BCUT2D eigenvalue weighted by atomic mass is 79.9. The Labute approximate surface area is 191 Å². The number of hydrogen-bond donors (Lipinski definition) is 1. The molecule has 0 aliphatic rings. The molecule has 2 aromatic carbocycles. The largest absolute Gasteiger partial charge is 0.493 e. The van der Waals surface area contributed by atoms with Crippen molar-refractivity contribution in [1.29, 1.82) is 0 Å². The van der Waals surface area contributed by atoms with Gasteiger partial charge in [-0.15, -0.1) is 0 Å². The van der Waals surface area contributed by atoms with Gasteiger partial charge in [0.2, 0.25) is 0 Å². The summed E-state index contributed by atoms with van der Waals surface area (Å²) in [5.74, 6) is 2.28. The maximum absolute atomic E-state index is 12.9. The van der Waals surface area contributed by atoms with Crippen LogP contribution in [-0.4, -0.2) is 29.2 Å². The summed E-state index contributed by atoms with van der Waals surface area (Å²) in [6.07, 6.45) is 4.68. The van der Waals surface area contributed by atoms with Crippen LogP contribution in [0.25, 0.3) is 0 Å². The summed E-state index contributed by atoms with van der Waals surface area (Å²) in [6, 6.07) is 11.3. The van der Waals surface area contributed by atoms with Crippen molar-refractivity contribution >= 4 is 27.5 Å². The van der Waals surface area contributed by atoms with Crippen LogP contribution in [0, 0.1) is 0 Å². The smallest absolute Gasteiger partial charge is 0.255 e. The number of aromatic nitrogens is 2. The third-order valence-corrected chi connectivity index (χ3v) is 5.33. The van der Waals surface area contributed by atoms with Gasteiger partial charge >= 0.3 is 0 Å². The lowest BCUT2D eigenvalue weighted by molar-refractivity contribution is 0.102. The molecule has 6 nitrogen and oxygen atoms in total. The molecule has 164 valence electrons. The predicted molar refractivity (Wildman–Crippen MR) is 126 cm³/mol. The van der Waals surface area contributed by atoms with Crippen molar-refractivity contribution in [3.8, 4) is 11.5 Å². The molecule has 0 fully saturated rings. The zero-order chi connectivity index (χ0) is 22.4. The topological polar surface area (TPSA) is 65.4 Å².